The van der Waals surface area contributed by atoms with Crippen LogP contribution in [0.2, 0.25) is 0 Å². The molecule has 3 aromatic rings. The van der Waals surface area contributed by atoms with Gasteiger partial charge in [0.15, 0.2) is 0 Å². The zero-order valence-electron chi connectivity index (χ0n) is 12.3. The normalized spacial score (nSPS) is 18.0. The van der Waals surface area contributed by atoms with Gasteiger partial charge in [0.05, 0.1) is 18.0 Å². The number of carboxylic acids is 1. The largest absolute Gasteiger partial charge is 0.477 e. The number of rotatable bonds is 3. The molecule has 0 radical (unpaired) electrons. The molecule has 1 aliphatic rings. The van der Waals surface area contributed by atoms with Crippen LogP contribution in [-0.2, 0) is 11.3 Å². The Kier molecular flexibility index (Phi) is 3.16. The molecule has 7 heteroatoms. The van der Waals surface area contributed by atoms with Crippen molar-refractivity contribution >= 4 is 22.6 Å². The van der Waals surface area contributed by atoms with Crippen LogP contribution in [0.5, 0.6) is 0 Å². The summed E-state index contributed by atoms with van der Waals surface area (Å²) in [5, 5.41) is 9.78. The molecule has 1 fully saturated rings. The first kappa shape index (κ1) is 14.0. The minimum absolute atomic E-state index is 0.0419. The molecule has 0 amide bonds. The fourth-order valence-corrected chi connectivity index (χ4v) is 3.11. The van der Waals surface area contributed by atoms with E-state index in [0.29, 0.717) is 29.8 Å². The quantitative estimate of drug-likeness (QED) is 0.792. The summed E-state index contributed by atoms with van der Waals surface area (Å²) in [6.45, 7) is 1.08. The summed E-state index contributed by atoms with van der Waals surface area (Å²) >= 11 is 0. The van der Waals surface area contributed by atoms with Crippen LogP contribution >= 0.6 is 0 Å². The van der Waals surface area contributed by atoms with Crippen molar-refractivity contribution < 1.29 is 14.6 Å². The maximum atomic E-state index is 12.6. The highest BCUT2D eigenvalue weighted by Gasteiger charge is 2.23. The number of aromatic carboxylic acids is 1. The Balaban J connectivity index is 1.99. The van der Waals surface area contributed by atoms with Crippen LogP contribution in [0.25, 0.3) is 16.7 Å². The van der Waals surface area contributed by atoms with Crippen LogP contribution in [0.1, 0.15) is 23.3 Å². The van der Waals surface area contributed by atoms with Crippen LogP contribution in [0.3, 0.4) is 0 Å². The van der Waals surface area contributed by atoms with Gasteiger partial charge in [-0.1, -0.05) is 6.07 Å². The van der Waals surface area contributed by atoms with E-state index in [-0.39, 0.29) is 17.4 Å². The zero-order chi connectivity index (χ0) is 16.0. The van der Waals surface area contributed by atoms with Gasteiger partial charge in [0.25, 0.3) is 5.56 Å². The van der Waals surface area contributed by atoms with Crippen LogP contribution in [0.15, 0.2) is 35.3 Å². The molecular weight excluding hydrogens is 298 g/mol. The number of aromatic nitrogens is 3. The van der Waals surface area contributed by atoms with Gasteiger partial charge in [-0.05, 0) is 31.0 Å². The lowest BCUT2D eigenvalue weighted by Gasteiger charge is -2.13. The van der Waals surface area contributed by atoms with E-state index in [0.717, 1.165) is 12.8 Å². The van der Waals surface area contributed by atoms with Crippen molar-refractivity contribution in [2.45, 2.75) is 25.5 Å². The van der Waals surface area contributed by atoms with Gasteiger partial charge in [-0.2, -0.15) is 0 Å². The van der Waals surface area contributed by atoms with Gasteiger partial charge in [0, 0.05) is 12.8 Å². The maximum absolute atomic E-state index is 12.6. The summed E-state index contributed by atoms with van der Waals surface area (Å²) in [5.41, 5.74) is 0.693. The van der Waals surface area contributed by atoms with Gasteiger partial charge in [0.1, 0.15) is 17.0 Å². The molecule has 118 valence electrons. The van der Waals surface area contributed by atoms with Crippen LogP contribution in [0.4, 0.5) is 0 Å². The lowest BCUT2D eigenvalue weighted by Crippen LogP contribution is -2.20. The molecule has 23 heavy (non-hydrogen) atoms. The zero-order valence-corrected chi connectivity index (χ0v) is 12.3. The first-order valence-electron chi connectivity index (χ1n) is 7.50. The number of hydrogen-bond acceptors (Lipinski definition) is 4. The predicted molar refractivity (Wildman–Crippen MR) is 82.9 cm³/mol. The predicted octanol–water partition coefficient (Wildman–Crippen LogP) is 1.53. The summed E-state index contributed by atoms with van der Waals surface area (Å²) in [7, 11) is 0. The molecule has 3 aromatic heterocycles. The third-order valence-corrected chi connectivity index (χ3v) is 4.21. The molecule has 4 heterocycles. The van der Waals surface area contributed by atoms with Crippen molar-refractivity contribution in [2.24, 2.45) is 0 Å². The number of carbonyl (C=O) groups is 1. The average Bonchev–Trinajstić information content (AvgIpc) is 3.17. The number of nitrogens with zero attached hydrogens (tertiary/aromatic N) is 3. The van der Waals surface area contributed by atoms with Crippen molar-refractivity contribution in [1.29, 1.82) is 0 Å². The Morgan fingerprint density at radius 3 is 3.04 bits per heavy atom. The monoisotopic (exact) mass is 313 g/mol. The van der Waals surface area contributed by atoms with Gasteiger partial charge in [-0.3, -0.25) is 9.20 Å². The fourth-order valence-electron chi connectivity index (χ4n) is 3.11. The Bertz CT molecular complexity index is 967. The Hall–Kier alpha value is -2.67. The third kappa shape index (κ3) is 2.20. The van der Waals surface area contributed by atoms with E-state index in [1.54, 1.807) is 29.0 Å². The van der Waals surface area contributed by atoms with E-state index < -0.39 is 5.97 Å². The SMILES string of the molecule is O=C(O)c1cc2c(=O)n3ccccc3nc2n1CC1CCCO1. The van der Waals surface area contributed by atoms with Crippen LogP contribution in [0, 0.1) is 0 Å². The third-order valence-electron chi connectivity index (χ3n) is 4.21. The minimum Gasteiger partial charge on any atom is -0.477 e. The molecule has 0 bridgehead atoms. The van der Waals surface area contributed by atoms with Gasteiger partial charge < -0.3 is 14.4 Å². The molecule has 0 aromatic carbocycles. The van der Waals surface area contributed by atoms with E-state index in [1.165, 1.54) is 10.5 Å². The summed E-state index contributed by atoms with van der Waals surface area (Å²) in [6.07, 6.45) is 3.43. The summed E-state index contributed by atoms with van der Waals surface area (Å²) in [4.78, 5) is 28.7. The average molecular weight is 313 g/mol. The first-order valence-corrected chi connectivity index (χ1v) is 7.50. The summed E-state index contributed by atoms with van der Waals surface area (Å²) in [5.74, 6) is -1.07. The van der Waals surface area contributed by atoms with Crippen molar-refractivity contribution in [3.8, 4) is 0 Å². The fraction of sp³-hybridized carbons (Fsp3) is 0.312. The molecular formula is C16H15N3O4. The number of fused-ring (bicyclic) bond motifs is 2. The Labute approximate surface area is 130 Å². The van der Waals surface area contributed by atoms with E-state index >= 15 is 0 Å². The number of pyridine rings is 1. The molecule has 0 saturated carbocycles. The minimum atomic E-state index is -1.07. The van der Waals surface area contributed by atoms with E-state index in [2.05, 4.69) is 4.98 Å². The van der Waals surface area contributed by atoms with Crippen LogP contribution in [-0.4, -0.2) is 37.7 Å². The lowest BCUT2D eigenvalue weighted by molar-refractivity contribution is 0.0672. The number of hydrogen-bond donors (Lipinski definition) is 1. The Morgan fingerprint density at radius 1 is 1.43 bits per heavy atom. The first-order chi connectivity index (χ1) is 11.1. The van der Waals surface area contributed by atoms with Crippen LogP contribution < -0.4 is 5.56 Å². The molecule has 0 aliphatic carbocycles. The molecule has 1 N–H and O–H groups in total. The highest BCUT2D eigenvalue weighted by molar-refractivity contribution is 5.93. The summed E-state index contributed by atoms with van der Waals surface area (Å²) < 4.78 is 8.61. The maximum Gasteiger partial charge on any atom is 0.352 e. The van der Waals surface area contributed by atoms with Crippen molar-refractivity contribution in [3.05, 3.63) is 46.5 Å². The lowest BCUT2D eigenvalue weighted by atomic mass is 10.2. The second-order valence-electron chi connectivity index (χ2n) is 5.66. The molecule has 4 rings (SSSR count). The van der Waals surface area contributed by atoms with Gasteiger partial charge in [-0.15, -0.1) is 0 Å². The van der Waals surface area contributed by atoms with Crippen molar-refractivity contribution in [2.75, 3.05) is 6.61 Å². The number of ether oxygens (including phenoxy) is 1. The van der Waals surface area contributed by atoms with Crippen molar-refractivity contribution in [1.82, 2.24) is 14.0 Å². The topological polar surface area (TPSA) is 85.8 Å². The molecule has 1 atom stereocenters. The molecule has 7 nitrogen and oxygen atoms in total. The van der Waals surface area contributed by atoms with Crippen molar-refractivity contribution in [3.63, 3.8) is 0 Å². The molecule has 1 saturated heterocycles. The van der Waals surface area contributed by atoms with Gasteiger partial charge in [0.2, 0.25) is 0 Å². The van der Waals surface area contributed by atoms with E-state index in [1.807, 2.05) is 0 Å². The highest BCUT2D eigenvalue weighted by Crippen LogP contribution is 2.21. The van der Waals surface area contributed by atoms with Gasteiger partial charge >= 0.3 is 5.97 Å². The second-order valence-corrected chi connectivity index (χ2v) is 5.66. The number of carboxylic acid groups (broad SMARTS) is 1. The molecule has 1 aliphatic heterocycles. The standard InChI is InChI=1S/C16H15N3O4/c20-15-11-8-12(16(21)22)19(9-10-4-3-7-23-10)14(11)17-13-5-1-2-6-18(13)15/h1-2,5-6,8,10H,3-4,7,9H2,(H,21,22). The second kappa shape index (κ2) is 5.20. The van der Waals surface area contributed by atoms with E-state index in [9.17, 15) is 14.7 Å². The molecule has 0 spiro atoms. The Morgan fingerprint density at radius 2 is 2.30 bits per heavy atom. The smallest absolute Gasteiger partial charge is 0.352 e. The molecule has 1 unspecified atom stereocenters. The summed E-state index contributed by atoms with van der Waals surface area (Å²) in [6, 6.07) is 6.66. The van der Waals surface area contributed by atoms with E-state index in [4.69, 9.17) is 4.74 Å². The highest BCUT2D eigenvalue weighted by atomic mass is 16.5. The van der Waals surface area contributed by atoms with Gasteiger partial charge in [-0.25, -0.2) is 9.78 Å².